The number of hydrogen-bond donors (Lipinski definition) is 1. The first kappa shape index (κ1) is 20.7. The molecule has 3 rings (SSSR count). The lowest BCUT2D eigenvalue weighted by molar-refractivity contribution is -0.118. The molecular formula is C23H27N3O3. The molecule has 1 heterocycles. The van der Waals surface area contributed by atoms with Crippen molar-refractivity contribution in [3.8, 4) is 17.6 Å². The molecule has 1 saturated heterocycles. The lowest BCUT2D eigenvalue weighted by atomic mass is 10.00. The highest BCUT2D eigenvalue weighted by Gasteiger charge is 2.16. The van der Waals surface area contributed by atoms with Crippen LogP contribution in [0.1, 0.15) is 30.9 Å². The summed E-state index contributed by atoms with van der Waals surface area (Å²) < 4.78 is 10.8. The molecule has 0 bridgehead atoms. The van der Waals surface area contributed by atoms with Crippen LogP contribution >= 0.6 is 0 Å². The molecule has 1 aliphatic rings. The van der Waals surface area contributed by atoms with E-state index in [4.69, 9.17) is 14.7 Å². The van der Waals surface area contributed by atoms with Crippen molar-refractivity contribution in [2.24, 2.45) is 5.92 Å². The summed E-state index contributed by atoms with van der Waals surface area (Å²) in [4.78, 5) is 14.7. The number of likely N-dealkylation sites (tertiary alicyclic amines) is 1. The zero-order valence-corrected chi connectivity index (χ0v) is 17.0. The number of ether oxygens (including phenoxy) is 2. The van der Waals surface area contributed by atoms with Gasteiger partial charge >= 0.3 is 0 Å². The molecule has 0 aromatic heterocycles. The van der Waals surface area contributed by atoms with Gasteiger partial charge in [-0.1, -0.05) is 19.1 Å². The molecule has 0 radical (unpaired) electrons. The third-order valence-electron chi connectivity index (χ3n) is 5.04. The highest BCUT2D eigenvalue weighted by Crippen LogP contribution is 2.27. The molecule has 29 heavy (non-hydrogen) atoms. The number of rotatable bonds is 7. The number of benzene rings is 2. The van der Waals surface area contributed by atoms with Gasteiger partial charge < -0.3 is 14.8 Å². The summed E-state index contributed by atoms with van der Waals surface area (Å²) >= 11 is 0. The molecule has 1 fully saturated rings. The van der Waals surface area contributed by atoms with Gasteiger partial charge in [-0.05, 0) is 55.1 Å². The molecule has 0 spiro atoms. The van der Waals surface area contributed by atoms with Gasteiger partial charge in [-0.3, -0.25) is 9.69 Å². The van der Waals surface area contributed by atoms with Gasteiger partial charge in [0.2, 0.25) is 0 Å². The molecule has 6 heteroatoms. The van der Waals surface area contributed by atoms with Crippen LogP contribution in [0.5, 0.6) is 11.5 Å². The van der Waals surface area contributed by atoms with E-state index in [0.717, 1.165) is 31.2 Å². The topological polar surface area (TPSA) is 74.6 Å². The molecule has 0 saturated carbocycles. The summed E-state index contributed by atoms with van der Waals surface area (Å²) in [5.41, 5.74) is 2.45. The maximum atomic E-state index is 12.2. The number of hydrogen-bond acceptors (Lipinski definition) is 5. The first-order chi connectivity index (χ1) is 14.1. The lowest BCUT2D eigenvalue weighted by Crippen LogP contribution is -2.33. The van der Waals surface area contributed by atoms with Crippen molar-refractivity contribution in [1.82, 2.24) is 4.90 Å². The number of anilines is 1. The lowest BCUT2D eigenvalue weighted by Gasteiger charge is -2.30. The van der Waals surface area contributed by atoms with Crippen LogP contribution in [0.2, 0.25) is 0 Å². The third-order valence-corrected chi connectivity index (χ3v) is 5.04. The van der Waals surface area contributed by atoms with Crippen LogP contribution in [0.3, 0.4) is 0 Å². The molecular weight excluding hydrogens is 366 g/mol. The van der Waals surface area contributed by atoms with Crippen molar-refractivity contribution in [3.05, 3.63) is 53.6 Å². The Labute approximate surface area is 172 Å². The Balaban J connectivity index is 1.50. The molecule has 1 atom stereocenters. The van der Waals surface area contributed by atoms with Gasteiger partial charge in [0.25, 0.3) is 5.91 Å². The average molecular weight is 393 g/mol. The van der Waals surface area contributed by atoms with Gasteiger partial charge in [-0.25, -0.2) is 0 Å². The largest absolute Gasteiger partial charge is 0.493 e. The average Bonchev–Trinajstić information content (AvgIpc) is 2.73. The number of nitrogens with zero attached hydrogens (tertiary/aromatic N) is 2. The zero-order chi connectivity index (χ0) is 20.6. The van der Waals surface area contributed by atoms with E-state index in [1.54, 1.807) is 18.2 Å². The Morgan fingerprint density at radius 2 is 2.03 bits per heavy atom. The maximum Gasteiger partial charge on any atom is 0.262 e. The standard InChI is InChI=1S/C23H27N3O3/c1-17-4-3-11-26(14-17)15-18-5-8-20(9-6-18)25-23(27)16-29-21-10-7-19(13-24)12-22(21)28-2/h5-10,12,17H,3-4,11,14-16H2,1-2H3,(H,25,27). The van der Waals surface area contributed by atoms with Crippen LogP contribution < -0.4 is 14.8 Å². The smallest absolute Gasteiger partial charge is 0.262 e. The van der Waals surface area contributed by atoms with E-state index in [-0.39, 0.29) is 12.5 Å². The van der Waals surface area contributed by atoms with Gasteiger partial charge in [-0.2, -0.15) is 5.26 Å². The van der Waals surface area contributed by atoms with Gasteiger partial charge in [0.1, 0.15) is 0 Å². The molecule has 1 amide bonds. The Kier molecular flexibility index (Phi) is 7.09. The van der Waals surface area contributed by atoms with Crippen molar-refractivity contribution in [3.63, 3.8) is 0 Å². The van der Waals surface area contributed by atoms with E-state index < -0.39 is 0 Å². The summed E-state index contributed by atoms with van der Waals surface area (Å²) in [6.45, 7) is 5.41. The first-order valence-corrected chi connectivity index (χ1v) is 9.89. The van der Waals surface area contributed by atoms with Gasteiger partial charge in [0.05, 0.1) is 18.7 Å². The predicted molar refractivity (Wildman–Crippen MR) is 112 cm³/mol. The minimum absolute atomic E-state index is 0.143. The molecule has 6 nitrogen and oxygen atoms in total. The SMILES string of the molecule is COc1cc(C#N)ccc1OCC(=O)Nc1ccc(CN2CCCC(C)C2)cc1. The van der Waals surface area contributed by atoms with E-state index in [0.29, 0.717) is 17.1 Å². The Hall–Kier alpha value is -3.04. The predicted octanol–water partition coefficient (Wildman–Crippen LogP) is 3.82. The van der Waals surface area contributed by atoms with E-state index in [9.17, 15) is 4.79 Å². The van der Waals surface area contributed by atoms with Crippen molar-refractivity contribution >= 4 is 11.6 Å². The van der Waals surface area contributed by atoms with Crippen molar-refractivity contribution in [1.29, 1.82) is 5.26 Å². The van der Waals surface area contributed by atoms with Crippen LogP contribution in [-0.2, 0) is 11.3 Å². The minimum atomic E-state index is -0.256. The minimum Gasteiger partial charge on any atom is -0.493 e. The van der Waals surface area contributed by atoms with Crippen LogP contribution in [0.4, 0.5) is 5.69 Å². The van der Waals surface area contributed by atoms with Crippen LogP contribution in [0, 0.1) is 17.2 Å². The summed E-state index contributed by atoms with van der Waals surface area (Å²) in [5, 5.41) is 11.8. The number of nitrogens with one attached hydrogen (secondary N) is 1. The fourth-order valence-electron chi connectivity index (χ4n) is 3.58. The quantitative estimate of drug-likeness (QED) is 0.774. The second-order valence-electron chi connectivity index (χ2n) is 7.49. The number of amides is 1. The first-order valence-electron chi connectivity index (χ1n) is 9.89. The molecule has 0 aliphatic carbocycles. The Morgan fingerprint density at radius 1 is 1.24 bits per heavy atom. The second-order valence-corrected chi connectivity index (χ2v) is 7.49. The summed E-state index contributed by atoms with van der Waals surface area (Å²) in [7, 11) is 1.50. The number of methoxy groups -OCH3 is 1. The molecule has 2 aromatic carbocycles. The van der Waals surface area contributed by atoms with E-state index in [2.05, 4.69) is 29.3 Å². The van der Waals surface area contributed by atoms with Crippen LogP contribution in [0.25, 0.3) is 0 Å². The zero-order valence-electron chi connectivity index (χ0n) is 17.0. The van der Waals surface area contributed by atoms with Crippen molar-refractivity contribution in [2.45, 2.75) is 26.3 Å². The number of carbonyl (C=O) groups excluding carboxylic acids is 1. The van der Waals surface area contributed by atoms with Gasteiger partial charge in [-0.15, -0.1) is 0 Å². The monoisotopic (exact) mass is 393 g/mol. The molecule has 152 valence electrons. The summed E-state index contributed by atoms with van der Waals surface area (Å²) in [5.74, 6) is 1.35. The molecule has 1 N–H and O–H groups in total. The van der Waals surface area contributed by atoms with Crippen molar-refractivity contribution in [2.75, 3.05) is 32.1 Å². The number of carbonyl (C=O) groups is 1. The van der Waals surface area contributed by atoms with Gasteiger partial charge in [0.15, 0.2) is 18.1 Å². The second kappa shape index (κ2) is 9.94. The van der Waals surface area contributed by atoms with Crippen LogP contribution in [-0.4, -0.2) is 37.6 Å². The third kappa shape index (κ3) is 5.97. The Bertz CT molecular complexity index is 874. The fourth-order valence-corrected chi connectivity index (χ4v) is 3.58. The highest BCUT2D eigenvalue weighted by molar-refractivity contribution is 5.91. The summed E-state index contributed by atoms with van der Waals surface area (Å²) in [6.07, 6.45) is 2.58. The molecule has 1 aliphatic heterocycles. The molecule has 2 aromatic rings. The molecule has 1 unspecified atom stereocenters. The van der Waals surface area contributed by atoms with Crippen LogP contribution in [0.15, 0.2) is 42.5 Å². The van der Waals surface area contributed by atoms with Crippen molar-refractivity contribution < 1.29 is 14.3 Å². The van der Waals surface area contributed by atoms with E-state index in [1.807, 2.05) is 18.2 Å². The van der Waals surface area contributed by atoms with E-state index >= 15 is 0 Å². The fraction of sp³-hybridized carbons (Fsp3) is 0.391. The Morgan fingerprint density at radius 3 is 2.72 bits per heavy atom. The maximum absolute atomic E-state index is 12.2. The number of nitriles is 1. The summed E-state index contributed by atoms with van der Waals surface area (Å²) in [6, 6.07) is 14.8. The van der Waals surface area contributed by atoms with E-state index in [1.165, 1.54) is 25.5 Å². The number of piperidine rings is 1. The normalized spacial score (nSPS) is 16.7. The highest BCUT2D eigenvalue weighted by atomic mass is 16.5. The van der Waals surface area contributed by atoms with Gasteiger partial charge in [0, 0.05) is 24.8 Å².